The zero-order valence-corrected chi connectivity index (χ0v) is 12.7. The minimum Gasteiger partial charge on any atom is -0.383 e. The number of rotatable bonds is 6. The summed E-state index contributed by atoms with van der Waals surface area (Å²) < 4.78 is 7.59. The summed E-state index contributed by atoms with van der Waals surface area (Å²) in [7, 11) is 1.49. The third-order valence-electron chi connectivity index (χ3n) is 4.08. The number of aromatic nitrogens is 2. The number of non-ortho nitro benzene ring substituents is 1. The molecule has 8 nitrogen and oxygen atoms in total. The molecule has 1 aliphatic rings. The van der Waals surface area contributed by atoms with Crippen molar-refractivity contribution in [3.8, 4) is 0 Å². The molecule has 122 valence electrons. The van der Waals surface area contributed by atoms with Crippen LogP contribution in [0.2, 0.25) is 0 Å². The first-order valence-electron chi connectivity index (χ1n) is 7.43. The number of ether oxygens (including phenoxy) is 1. The molecule has 1 aromatic heterocycles. The van der Waals surface area contributed by atoms with E-state index in [4.69, 9.17) is 4.74 Å². The van der Waals surface area contributed by atoms with Gasteiger partial charge >= 0.3 is 5.69 Å². The molecule has 0 N–H and O–H groups in total. The maximum atomic E-state index is 12.6. The van der Waals surface area contributed by atoms with Gasteiger partial charge in [-0.3, -0.25) is 24.0 Å². The highest BCUT2D eigenvalue weighted by Gasteiger charge is 2.25. The third-order valence-corrected chi connectivity index (χ3v) is 4.08. The Labute approximate surface area is 131 Å². The summed E-state index contributed by atoms with van der Waals surface area (Å²) in [6.07, 6.45) is 2.11. The first kappa shape index (κ1) is 15.4. The highest BCUT2D eigenvalue weighted by atomic mass is 16.6. The fourth-order valence-corrected chi connectivity index (χ4v) is 2.64. The minimum atomic E-state index is -0.547. The average molecular weight is 319 g/mol. The van der Waals surface area contributed by atoms with Crippen molar-refractivity contribution < 1.29 is 9.66 Å². The molecule has 3 rings (SSSR count). The van der Waals surface area contributed by atoms with Gasteiger partial charge in [0.2, 0.25) is 0 Å². The Hall–Kier alpha value is -2.48. The summed E-state index contributed by atoms with van der Waals surface area (Å²) in [4.78, 5) is 35.6. The Morgan fingerprint density at radius 2 is 2.04 bits per heavy atom. The quantitative estimate of drug-likeness (QED) is 0.587. The Kier molecular flexibility index (Phi) is 3.99. The molecule has 8 heteroatoms. The largest absolute Gasteiger partial charge is 0.383 e. The Bertz CT molecular complexity index is 879. The predicted molar refractivity (Wildman–Crippen MR) is 83.7 cm³/mol. The fraction of sp³-hybridized carbons (Fsp3) is 0.467. The number of nitrogens with zero attached hydrogens (tertiary/aromatic N) is 3. The van der Waals surface area contributed by atoms with Crippen LogP contribution in [0, 0.1) is 16.0 Å². The predicted octanol–water partition coefficient (Wildman–Crippen LogP) is 1.13. The van der Waals surface area contributed by atoms with Crippen molar-refractivity contribution in [2.24, 2.45) is 5.92 Å². The van der Waals surface area contributed by atoms with Crippen molar-refractivity contribution >= 4 is 16.6 Å². The molecule has 1 saturated carbocycles. The minimum absolute atomic E-state index is 0.122. The van der Waals surface area contributed by atoms with E-state index < -0.39 is 10.5 Å². The molecule has 1 fully saturated rings. The lowest BCUT2D eigenvalue weighted by Crippen LogP contribution is -2.41. The standard InChI is InChI=1S/C15H17N3O5/c1-23-7-6-16-14(19)12-8-11(18(21)22)4-5-13(12)17(15(16)20)9-10-2-3-10/h4-5,8,10H,2-3,6-7,9H2,1H3. The van der Waals surface area contributed by atoms with E-state index in [9.17, 15) is 19.7 Å². The second kappa shape index (κ2) is 5.96. The number of hydrogen-bond donors (Lipinski definition) is 0. The van der Waals surface area contributed by atoms with E-state index in [1.54, 1.807) is 4.57 Å². The van der Waals surface area contributed by atoms with Crippen molar-refractivity contribution in [2.75, 3.05) is 13.7 Å². The molecule has 0 bridgehead atoms. The molecule has 0 radical (unpaired) electrons. The van der Waals surface area contributed by atoms with E-state index in [0.29, 0.717) is 18.0 Å². The molecule has 1 aromatic carbocycles. The van der Waals surface area contributed by atoms with E-state index in [2.05, 4.69) is 0 Å². The van der Waals surface area contributed by atoms with Gasteiger partial charge in [0.1, 0.15) is 0 Å². The van der Waals surface area contributed by atoms with Gasteiger partial charge in [-0.25, -0.2) is 4.79 Å². The number of nitro groups is 1. The molecule has 0 aliphatic heterocycles. The summed E-state index contributed by atoms with van der Waals surface area (Å²) >= 11 is 0. The van der Waals surface area contributed by atoms with Crippen molar-refractivity contribution in [1.82, 2.24) is 9.13 Å². The van der Waals surface area contributed by atoms with E-state index in [1.807, 2.05) is 0 Å². The summed E-state index contributed by atoms with van der Waals surface area (Å²) in [6.45, 7) is 0.872. The molecule has 0 spiro atoms. The Morgan fingerprint density at radius 3 is 2.65 bits per heavy atom. The van der Waals surface area contributed by atoms with E-state index in [-0.39, 0.29) is 29.9 Å². The number of methoxy groups -OCH3 is 1. The molecule has 0 unspecified atom stereocenters. The van der Waals surface area contributed by atoms with Crippen LogP contribution >= 0.6 is 0 Å². The van der Waals surface area contributed by atoms with Crippen LogP contribution in [0.3, 0.4) is 0 Å². The SMILES string of the molecule is COCCn1c(=O)c2cc([N+](=O)[O-])ccc2n(CC2CC2)c1=O. The molecule has 1 heterocycles. The van der Waals surface area contributed by atoms with E-state index in [1.165, 1.54) is 25.3 Å². The molecule has 1 aliphatic carbocycles. The Balaban J connectivity index is 2.26. The number of hydrogen-bond acceptors (Lipinski definition) is 5. The molecular formula is C15H17N3O5. The first-order chi connectivity index (χ1) is 11.0. The van der Waals surface area contributed by atoms with Gasteiger partial charge in [0.15, 0.2) is 0 Å². The maximum absolute atomic E-state index is 12.6. The first-order valence-corrected chi connectivity index (χ1v) is 7.43. The average Bonchev–Trinajstić information content (AvgIpc) is 3.35. The van der Waals surface area contributed by atoms with Gasteiger partial charge in [-0.15, -0.1) is 0 Å². The van der Waals surface area contributed by atoms with Crippen molar-refractivity contribution in [2.45, 2.75) is 25.9 Å². The number of nitro benzene ring substituents is 1. The molecule has 23 heavy (non-hydrogen) atoms. The Morgan fingerprint density at radius 1 is 1.30 bits per heavy atom. The van der Waals surface area contributed by atoms with Gasteiger partial charge < -0.3 is 4.74 Å². The van der Waals surface area contributed by atoms with Crippen LogP contribution in [0.1, 0.15) is 12.8 Å². The highest BCUT2D eigenvalue weighted by Crippen LogP contribution is 2.31. The molecule has 0 atom stereocenters. The zero-order chi connectivity index (χ0) is 16.6. The lowest BCUT2D eigenvalue weighted by atomic mass is 10.2. The normalized spacial score (nSPS) is 14.3. The van der Waals surface area contributed by atoms with Crippen LogP contribution < -0.4 is 11.2 Å². The van der Waals surface area contributed by atoms with Crippen LogP contribution in [0.25, 0.3) is 10.9 Å². The van der Waals surface area contributed by atoms with Gasteiger partial charge in [0.05, 0.1) is 29.0 Å². The van der Waals surface area contributed by atoms with Crippen LogP contribution in [0.4, 0.5) is 5.69 Å². The maximum Gasteiger partial charge on any atom is 0.331 e. The highest BCUT2D eigenvalue weighted by molar-refractivity contribution is 5.80. The van der Waals surface area contributed by atoms with Gasteiger partial charge in [-0.2, -0.15) is 0 Å². The fourth-order valence-electron chi connectivity index (χ4n) is 2.64. The molecule has 2 aromatic rings. The van der Waals surface area contributed by atoms with Gasteiger partial charge in [0.25, 0.3) is 11.2 Å². The zero-order valence-electron chi connectivity index (χ0n) is 12.7. The third kappa shape index (κ3) is 2.89. The summed E-state index contributed by atoms with van der Waals surface area (Å²) in [5.74, 6) is 0.430. The number of fused-ring (bicyclic) bond motifs is 1. The van der Waals surface area contributed by atoms with E-state index in [0.717, 1.165) is 17.4 Å². The monoisotopic (exact) mass is 319 g/mol. The van der Waals surface area contributed by atoms with Gasteiger partial charge in [0, 0.05) is 25.8 Å². The molecule has 0 saturated heterocycles. The van der Waals surface area contributed by atoms with Crippen LogP contribution in [0.15, 0.2) is 27.8 Å². The van der Waals surface area contributed by atoms with Crippen LogP contribution in [0.5, 0.6) is 0 Å². The lowest BCUT2D eigenvalue weighted by molar-refractivity contribution is -0.384. The topological polar surface area (TPSA) is 96.4 Å². The van der Waals surface area contributed by atoms with Crippen molar-refractivity contribution in [3.63, 3.8) is 0 Å². The second-order valence-corrected chi connectivity index (χ2v) is 5.74. The van der Waals surface area contributed by atoms with Crippen molar-refractivity contribution in [1.29, 1.82) is 0 Å². The number of benzene rings is 1. The van der Waals surface area contributed by atoms with Gasteiger partial charge in [-0.05, 0) is 24.8 Å². The smallest absolute Gasteiger partial charge is 0.331 e. The van der Waals surface area contributed by atoms with E-state index >= 15 is 0 Å². The van der Waals surface area contributed by atoms with Crippen LogP contribution in [-0.2, 0) is 17.8 Å². The van der Waals surface area contributed by atoms with Crippen LogP contribution in [-0.4, -0.2) is 27.8 Å². The second-order valence-electron chi connectivity index (χ2n) is 5.74. The molecule has 0 amide bonds. The lowest BCUT2D eigenvalue weighted by Gasteiger charge is -2.13. The molecular weight excluding hydrogens is 302 g/mol. The summed E-state index contributed by atoms with van der Waals surface area (Å²) in [5.41, 5.74) is -0.617. The summed E-state index contributed by atoms with van der Waals surface area (Å²) in [5, 5.41) is 11.2. The summed E-state index contributed by atoms with van der Waals surface area (Å²) in [6, 6.07) is 4.05. The van der Waals surface area contributed by atoms with Gasteiger partial charge in [-0.1, -0.05) is 0 Å². The van der Waals surface area contributed by atoms with Crippen molar-refractivity contribution in [3.05, 3.63) is 49.2 Å².